The van der Waals surface area contributed by atoms with E-state index in [1.54, 1.807) is 6.20 Å². The lowest BCUT2D eigenvalue weighted by molar-refractivity contribution is -0.207. The van der Waals surface area contributed by atoms with Crippen LogP contribution in [0.2, 0.25) is 0 Å². The molecule has 0 amide bonds. The summed E-state index contributed by atoms with van der Waals surface area (Å²) in [7, 11) is 0. The molecule has 3 fully saturated rings. The van der Waals surface area contributed by atoms with E-state index in [1.807, 2.05) is 13.0 Å². The van der Waals surface area contributed by atoms with Crippen LogP contribution in [0.5, 0.6) is 0 Å². The zero-order valence-corrected chi connectivity index (χ0v) is 23.6. The molecule has 0 aromatic carbocycles. The molecule has 3 aliphatic rings. The summed E-state index contributed by atoms with van der Waals surface area (Å²) < 4.78 is 7.84. The van der Waals surface area contributed by atoms with Gasteiger partial charge in [-0.15, -0.1) is 11.7 Å². The fourth-order valence-electron chi connectivity index (χ4n) is 7.99. The molecule has 0 spiro atoms. The molecule has 3 aliphatic carbocycles. The van der Waals surface area contributed by atoms with Crippen LogP contribution in [0.15, 0.2) is 18.9 Å². The number of Topliss-reactive ketones (excluding diaryl/α,β-unsaturated/α-hetero) is 1. The molecule has 2 bridgehead atoms. The summed E-state index contributed by atoms with van der Waals surface area (Å²) in [6, 6.07) is 0. The molecule has 0 unspecified atom stereocenters. The first-order chi connectivity index (χ1) is 17.4. The zero-order valence-electron chi connectivity index (χ0n) is 23.6. The summed E-state index contributed by atoms with van der Waals surface area (Å²) in [5.41, 5.74) is -0.626. The van der Waals surface area contributed by atoms with Crippen LogP contribution in [-0.2, 0) is 27.4 Å². The Labute approximate surface area is 221 Å². The third kappa shape index (κ3) is 4.58. The predicted molar refractivity (Wildman–Crippen MR) is 141 cm³/mol. The molecule has 0 radical (unpaired) electrons. The number of rotatable bonds is 8. The monoisotopic (exact) mass is 514 g/mol. The van der Waals surface area contributed by atoms with Crippen LogP contribution >= 0.6 is 0 Å². The van der Waals surface area contributed by atoms with E-state index in [0.717, 1.165) is 38.0 Å². The predicted octanol–water partition coefficient (Wildman–Crippen LogP) is 4.03. The number of hydrogen-bond donors (Lipinski definition) is 1. The fraction of sp³-hybridized carbons (Fsp3) is 0.793. The van der Waals surface area contributed by atoms with Gasteiger partial charge in [0.25, 0.3) is 0 Å². The van der Waals surface area contributed by atoms with Crippen LogP contribution < -0.4 is 0 Å². The van der Waals surface area contributed by atoms with E-state index in [4.69, 9.17) is 4.74 Å². The van der Waals surface area contributed by atoms with Crippen LogP contribution in [-0.4, -0.2) is 62.1 Å². The zero-order chi connectivity index (χ0) is 27.2. The number of ketones is 1. The molecular weight excluding hydrogens is 468 g/mol. The van der Waals surface area contributed by atoms with Gasteiger partial charge in [-0.2, -0.15) is 0 Å². The highest BCUT2D eigenvalue weighted by Crippen LogP contribution is 2.67. The molecule has 4 rings (SSSR count). The molecule has 206 valence electrons. The highest BCUT2D eigenvalue weighted by atomic mass is 16.5. The topological polar surface area (TPSA) is 97.5 Å². The van der Waals surface area contributed by atoms with E-state index in [2.05, 4.69) is 56.4 Å². The molecule has 1 heterocycles. The van der Waals surface area contributed by atoms with Crippen LogP contribution in [0.3, 0.4) is 0 Å². The van der Waals surface area contributed by atoms with Gasteiger partial charge in [0, 0.05) is 29.7 Å². The molecule has 1 aromatic heterocycles. The van der Waals surface area contributed by atoms with Crippen molar-refractivity contribution in [1.82, 2.24) is 19.9 Å². The van der Waals surface area contributed by atoms with Crippen molar-refractivity contribution in [3.05, 3.63) is 24.5 Å². The third-order valence-corrected chi connectivity index (χ3v) is 10.7. The van der Waals surface area contributed by atoms with Gasteiger partial charge in [0.2, 0.25) is 0 Å². The summed E-state index contributed by atoms with van der Waals surface area (Å²) >= 11 is 0. The number of esters is 1. The lowest BCUT2D eigenvalue weighted by Gasteiger charge is -2.61. The highest BCUT2D eigenvalue weighted by molar-refractivity contribution is 5.85. The summed E-state index contributed by atoms with van der Waals surface area (Å²) in [6.45, 7) is 19.2. The van der Waals surface area contributed by atoms with Crippen LogP contribution in [0.25, 0.3) is 0 Å². The summed E-state index contributed by atoms with van der Waals surface area (Å²) in [5.74, 6) is -0.209. The number of aliphatic hydroxyl groups excluding tert-OH is 1. The average molecular weight is 515 g/mol. The largest absolute Gasteiger partial charge is 0.460 e. The van der Waals surface area contributed by atoms with Crippen LogP contribution in [0, 0.1) is 34.0 Å². The van der Waals surface area contributed by atoms with Crippen LogP contribution in [0.1, 0.15) is 79.3 Å². The van der Waals surface area contributed by atoms with E-state index in [0.29, 0.717) is 19.4 Å². The summed E-state index contributed by atoms with van der Waals surface area (Å²) in [4.78, 5) is 29.1. The Kier molecular flexibility index (Phi) is 7.75. The van der Waals surface area contributed by atoms with Gasteiger partial charge in [-0.25, -0.2) is 4.68 Å². The molecule has 8 atom stereocenters. The molecule has 0 saturated heterocycles. The first kappa shape index (κ1) is 28.0. The van der Waals surface area contributed by atoms with Crippen molar-refractivity contribution in [1.29, 1.82) is 0 Å². The van der Waals surface area contributed by atoms with Crippen molar-refractivity contribution in [3.8, 4) is 0 Å². The van der Waals surface area contributed by atoms with Gasteiger partial charge in [0.1, 0.15) is 18.4 Å². The van der Waals surface area contributed by atoms with Crippen molar-refractivity contribution < 1.29 is 19.4 Å². The van der Waals surface area contributed by atoms with E-state index in [9.17, 15) is 14.7 Å². The number of ether oxygens (including phenoxy) is 1. The van der Waals surface area contributed by atoms with Crippen molar-refractivity contribution in [2.45, 2.75) is 98.9 Å². The summed E-state index contributed by atoms with van der Waals surface area (Å²) in [5, 5.41) is 20.0. The molecule has 1 aromatic rings. The van der Waals surface area contributed by atoms with Gasteiger partial charge in [0.15, 0.2) is 0 Å². The molecule has 0 aliphatic heterocycles. The Hall–Kier alpha value is -2.06. The second-order valence-corrected chi connectivity index (χ2v) is 12.4. The van der Waals surface area contributed by atoms with Crippen molar-refractivity contribution in [3.63, 3.8) is 0 Å². The van der Waals surface area contributed by atoms with Crippen molar-refractivity contribution in [2.24, 2.45) is 34.0 Å². The van der Waals surface area contributed by atoms with Gasteiger partial charge in [0.05, 0.1) is 18.0 Å². The summed E-state index contributed by atoms with van der Waals surface area (Å²) in [6.07, 6.45) is 6.05. The molecule has 8 heteroatoms. The van der Waals surface area contributed by atoms with Gasteiger partial charge in [-0.1, -0.05) is 52.8 Å². The lowest BCUT2D eigenvalue weighted by atomic mass is 9.44. The Morgan fingerprint density at radius 3 is 2.65 bits per heavy atom. The SMILES string of the molecule is C=C[C@]1(C)C[C@@H](OC(=O)Cn2cc(CN(CC)CC)nn2)[C@]2(C)[C@H](C)CC[C@]3(CCC(=O)[C@H]32)[C@@H](C)[C@@H]1O. The van der Waals surface area contributed by atoms with E-state index in [1.165, 1.54) is 4.68 Å². The molecular formula is C29H46N4O4. The molecule has 3 saturated carbocycles. The number of aromatic nitrogens is 3. The average Bonchev–Trinajstić information content (AvgIpc) is 3.47. The standard InChI is InChI=1S/C29H46N4O4/c1-8-27(6)15-23(37-24(35)18-33-17-21(30-31-33)16-32(9-2)10-3)28(7)19(4)11-13-29(20(5)26(27)36)14-12-22(34)25(28)29/h8,17,19-20,23,25-26,36H,1,9-16,18H2,2-7H3/t19-,20+,23-,25+,26+,27-,28+,29+/m1/s1. The minimum absolute atomic E-state index is 0.0419. The van der Waals surface area contributed by atoms with Crippen molar-refractivity contribution in [2.75, 3.05) is 13.1 Å². The maximum atomic E-state index is 13.5. The van der Waals surface area contributed by atoms with Gasteiger partial charge in [-0.3, -0.25) is 14.5 Å². The van der Waals surface area contributed by atoms with Gasteiger partial charge in [-0.05, 0) is 56.0 Å². The normalized spacial score (nSPS) is 39.7. The fourth-order valence-corrected chi connectivity index (χ4v) is 7.99. The Morgan fingerprint density at radius 1 is 1.30 bits per heavy atom. The minimum Gasteiger partial charge on any atom is -0.460 e. The maximum absolute atomic E-state index is 13.5. The first-order valence-electron chi connectivity index (χ1n) is 14.1. The van der Waals surface area contributed by atoms with E-state index < -0.39 is 29.0 Å². The second kappa shape index (κ2) is 10.3. The molecule has 1 N–H and O–H groups in total. The quantitative estimate of drug-likeness (QED) is 0.413. The van der Waals surface area contributed by atoms with E-state index >= 15 is 0 Å². The molecule has 37 heavy (non-hydrogen) atoms. The van der Waals surface area contributed by atoms with Crippen LogP contribution in [0.4, 0.5) is 0 Å². The van der Waals surface area contributed by atoms with Gasteiger partial charge >= 0.3 is 5.97 Å². The number of aliphatic hydroxyl groups is 1. The van der Waals surface area contributed by atoms with E-state index in [-0.39, 0.29) is 35.5 Å². The maximum Gasteiger partial charge on any atom is 0.328 e. The second-order valence-electron chi connectivity index (χ2n) is 12.4. The lowest BCUT2D eigenvalue weighted by Crippen LogP contribution is -2.63. The Morgan fingerprint density at radius 2 is 2.00 bits per heavy atom. The van der Waals surface area contributed by atoms with Crippen molar-refractivity contribution >= 4 is 11.8 Å². The first-order valence-corrected chi connectivity index (χ1v) is 14.1. The highest BCUT2D eigenvalue weighted by Gasteiger charge is 2.68. The Balaban J connectivity index is 1.64. The Bertz CT molecular complexity index is 1020. The third-order valence-electron chi connectivity index (χ3n) is 10.7. The number of carbonyl (C=O) groups is 2. The molecule has 8 nitrogen and oxygen atoms in total. The number of carbonyl (C=O) groups excluding carboxylic acids is 2. The minimum atomic E-state index is -0.671. The smallest absolute Gasteiger partial charge is 0.328 e. The number of hydrogen-bond acceptors (Lipinski definition) is 7. The van der Waals surface area contributed by atoms with Gasteiger partial charge < -0.3 is 9.84 Å². The number of nitrogens with zero attached hydrogens (tertiary/aromatic N) is 4.